The number of nitrogens with one attached hydrogen (secondary N) is 3. The molecule has 0 bridgehead atoms. The molecular formula is C20H30ClN5O4. The lowest BCUT2D eigenvalue weighted by molar-refractivity contribution is -0.127. The van der Waals surface area contributed by atoms with Gasteiger partial charge in [-0.3, -0.25) is 20.4 Å². The maximum absolute atomic E-state index is 12.5. The number of hydrogen-bond acceptors (Lipinski definition) is 6. The summed E-state index contributed by atoms with van der Waals surface area (Å²) in [6.45, 7) is 5.48. The van der Waals surface area contributed by atoms with Crippen molar-refractivity contribution in [2.24, 2.45) is 5.92 Å². The van der Waals surface area contributed by atoms with Gasteiger partial charge in [0.25, 0.3) is 5.91 Å². The van der Waals surface area contributed by atoms with Gasteiger partial charge in [-0.15, -0.1) is 0 Å². The Labute approximate surface area is 181 Å². The van der Waals surface area contributed by atoms with Crippen molar-refractivity contribution in [3.8, 4) is 0 Å². The Bertz CT molecular complexity index is 788. The van der Waals surface area contributed by atoms with Gasteiger partial charge in [0.15, 0.2) is 0 Å². The van der Waals surface area contributed by atoms with E-state index in [1.54, 1.807) is 19.0 Å². The molecule has 0 atom stereocenters. The topological polar surface area (TPSA) is 113 Å². The third kappa shape index (κ3) is 6.48. The molecule has 0 saturated heterocycles. The SMILES string of the molecule is CNc1cc(Cl)ncc1C(=O)NNC(=O)C1CCC(N(C)C(=O)OC(C)(C)C)CC1. The molecule has 0 unspecified atom stereocenters. The van der Waals surface area contributed by atoms with Crippen LogP contribution in [0.1, 0.15) is 56.8 Å². The van der Waals surface area contributed by atoms with Crippen LogP contribution in [0.15, 0.2) is 12.3 Å². The first-order valence-electron chi connectivity index (χ1n) is 9.91. The predicted octanol–water partition coefficient (Wildman–Crippen LogP) is 2.96. The molecule has 0 spiro atoms. The molecule has 9 nitrogen and oxygen atoms in total. The van der Waals surface area contributed by atoms with Crippen molar-refractivity contribution in [1.29, 1.82) is 0 Å². The lowest BCUT2D eigenvalue weighted by Gasteiger charge is -2.35. The van der Waals surface area contributed by atoms with Crippen molar-refractivity contribution in [1.82, 2.24) is 20.7 Å². The van der Waals surface area contributed by atoms with E-state index in [0.29, 0.717) is 31.4 Å². The van der Waals surface area contributed by atoms with Crippen LogP contribution < -0.4 is 16.2 Å². The van der Waals surface area contributed by atoms with E-state index in [-0.39, 0.29) is 34.7 Å². The molecule has 0 aliphatic heterocycles. The van der Waals surface area contributed by atoms with Crippen molar-refractivity contribution < 1.29 is 19.1 Å². The summed E-state index contributed by atoms with van der Waals surface area (Å²) in [5.74, 6) is -0.981. The van der Waals surface area contributed by atoms with Gasteiger partial charge in [0.1, 0.15) is 10.8 Å². The van der Waals surface area contributed by atoms with Crippen LogP contribution in [0.25, 0.3) is 0 Å². The molecule has 1 heterocycles. The molecule has 1 aromatic rings. The van der Waals surface area contributed by atoms with Gasteiger partial charge >= 0.3 is 6.09 Å². The summed E-state index contributed by atoms with van der Waals surface area (Å²) in [7, 11) is 3.38. The Kier molecular flexibility index (Phi) is 7.89. The minimum absolute atomic E-state index is 0.0248. The summed E-state index contributed by atoms with van der Waals surface area (Å²) < 4.78 is 5.40. The highest BCUT2D eigenvalue weighted by atomic mass is 35.5. The lowest BCUT2D eigenvalue weighted by Crippen LogP contribution is -2.47. The van der Waals surface area contributed by atoms with Gasteiger partial charge in [-0.05, 0) is 52.5 Å². The van der Waals surface area contributed by atoms with Crippen LogP contribution in [0.4, 0.5) is 10.5 Å². The number of amides is 3. The third-order valence-corrected chi connectivity index (χ3v) is 5.19. The minimum Gasteiger partial charge on any atom is -0.444 e. The second kappa shape index (κ2) is 9.97. The summed E-state index contributed by atoms with van der Waals surface area (Å²) in [5, 5.41) is 3.12. The van der Waals surface area contributed by atoms with Crippen LogP contribution >= 0.6 is 11.6 Å². The summed E-state index contributed by atoms with van der Waals surface area (Å²) in [4.78, 5) is 42.5. The molecule has 3 N–H and O–H groups in total. The average Bonchev–Trinajstić information content (AvgIpc) is 2.69. The molecule has 3 amide bonds. The van der Waals surface area contributed by atoms with E-state index in [1.165, 1.54) is 12.3 Å². The monoisotopic (exact) mass is 439 g/mol. The van der Waals surface area contributed by atoms with E-state index >= 15 is 0 Å². The fourth-order valence-corrected chi connectivity index (χ4v) is 3.47. The molecule has 10 heteroatoms. The summed E-state index contributed by atoms with van der Waals surface area (Å²) >= 11 is 5.83. The van der Waals surface area contributed by atoms with E-state index in [0.717, 1.165) is 0 Å². The van der Waals surface area contributed by atoms with Gasteiger partial charge in [0, 0.05) is 32.3 Å². The van der Waals surface area contributed by atoms with E-state index in [1.807, 2.05) is 20.8 Å². The maximum Gasteiger partial charge on any atom is 0.410 e. The first-order chi connectivity index (χ1) is 14.0. The summed E-state index contributed by atoms with van der Waals surface area (Å²) in [5.41, 5.74) is 5.13. The normalized spacial score (nSPS) is 18.9. The quantitative estimate of drug-likeness (QED) is 0.491. The molecule has 0 aromatic carbocycles. The van der Waals surface area contributed by atoms with Gasteiger partial charge in [0.2, 0.25) is 5.91 Å². The molecular weight excluding hydrogens is 410 g/mol. The zero-order valence-corrected chi connectivity index (χ0v) is 18.8. The largest absolute Gasteiger partial charge is 0.444 e. The molecule has 30 heavy (non-hydrogen) atoms. The van der Waals surface area contributed by atoms with Gasteiger partial charge in [-0.2, -0.15) is 0 Å². The third-order valence-electron chi connectivity index (χ3n) is 4.98. The standard InChI is InChI=1S/C20H30ClN5O4/c1-20(2,3)30-19(29)26(5)13-8-6-12(7-9-13)17(27)24-25-18(28)14-11-23-16(21)10-15(14)22-4/h10-13H,6-9H2,1-5H3,(H,22,23)(H,24,27)(H,25,28). The Morgan fingerprint density at radius 2 is 1.80 bits per heavy atom. The van der Waals surface area contributed by atoms with Crippen LogP contribution in [0.3, 0.4) is 0 Å². The fourth-order valence-electron chi connectivity index (χ4n) is 3.31. The minimum atomic E-state index is -0.548. The van der Waals surface area contributed by atoms with Crippen LogP contribution in [-0.2, 0) is 9.53 Å². The molecule has 1 saturated carbocycles. The zero-order valence-electron chi connectivity index (χ0n) is 18.0. The highest BCUT2D eigenvalue weighted by molar-refractivity contribution is 6.29. The van der Waals surface area contributed by atoms with Crippen molar-refractivity contribution in [3.05, 3.63) is 23.0 Å². The summed E-state index contributed by atoms with van der Waals surface area (Å²) in [6, 6.07) is 1.55. The van der Waals surface area contributed by atoms with E-state index < -0.39 is 11.5 Å². The Hall–Kier alpha value is -2.55. The van der Waals surface area contributed by atoms with Gasteiger partial charge in [-0.1, -0.05) is 11.6 Å². The van der Waals surface area contributed by atoms with Gasteiger partial charge in [0.05, 0.1) is 11.3 Å². The maximum atomic E-state index is 12.5. The van der Waals surface area contributed by atoms with Crippen molar-refractivity contribution in [2.75, 3.05) is 19.4 Å². The second-order valence-corrected chi connectivity index (χ2v) is 8.73. The highest BCUT2D eigenvalue weighted by Gasteiger charge is 2.32. The Morgan fingerprint density at radius 3 is 2.37 bits per heavy atom. The number of aromatic nitrogens is 1. The molecule has 1 aliphatic carbocycles. The number of anilines is 1. The lowest BCUT2D eigenvalue weighted by atomic mass is 9.85. The fraction of sp³-hybridized carbons (Fsp3) is 0.600. The van der Waals surface area contributed by atoms with Crippen molar-refractivity contribution in [3.63, 3.8) is 0 Å². The molecule has 1 fully saturated rings. The number of ether oxygens (including phenoxy) is 1. The van der Waals surface area contributed by atoms with Crippen molar-refractivity contribution >= 4 is 35.2 Å². The molecule has 0 radical (unpaired) electrons. The Morgan fingerprint density at radius 1 is 1.17 bits per heavy atom. The zero-order chi connectivity index (χ0) is 22.5. The number of halogens is 1. The van der Waals surface area contributed by atoms with Gasteiger partial charge in [-0.25, -0.2) is 9.78 Å². The molecule has 1 aromatic heterocycles. The highest BCUT2D eigenvalue weighted by Crippen LogP contribution is 2.28. The number of rotatable bonds is 4. The number of carbonyl (C=O) groups is 3. The first kappa shape index (κ1) is 23.7. The van der Waals surface area contributed by atoms with E-state index in [4.69, 9.17) is 16.3 Å². The number of hydrazine groups is 1. The number of nitrogens with zero attached hydrogens (tertiary/aromatic N) is 2. The molecule has 166 valence electrons. The molecule has 2 rings (SSSR count). The van der Waals surface area contributed by atoms with Crippen LogP contribution in [0, 0.1) is 5.92 Å². The number of carbonyl (C=O) groups excluding carboxylic acids is 3. The van der Waals surface area contributed by atoms with Crippen LogP contribution in [0.5, 0.6) is 0 Å². The van der Waals surface area contributed by atoms with Gasteiger partial charge < -0.3 is 15.0 Å². The van der Waals surface area contributed by atoms with Crippen LogP contribution in [-0.4, -0.2) is 53.5 Å². The Balaban J connectivity index is 1.83. The van der Waals surface area contributed by atoms with E-state index in [9.17, 15) is 14.4 Å². The van der Waals surface area contributed by atoms with Crippen LogP contribution in [0.2, 0.25) is 5.15 Å². The smallest absolute Gasteiger partial charge is 0.410 e. The average molecular weight is 440 g/mol. The first-order valence-corrected chi connectivity index (χ1v) is 10.3. The number of pyridine rings is 1. The van der Waals surface area contributed by atoms with Crippen molar-refractivity contribution in [2.45, 2.75) is 58.1 Å². The second-order valence-electron chi connectivity index (χ2n) is 8.34. The summed E-state index contributed by atoms with van der Waals surface area (Å²) in [6.07, 6.45) is 3.58. The number of hydrogen-bond donors (Lipinski definition) is 3. The predicted molar refractivity (Wildman–Crippen MR) is 114 cm³/mol. The molecule has 1 aliphatic rings. The van der Waals surface area contributed by atoms with E-state index in [2.05, 4.69) is 21.2 Å².